The minimum atomic E-state index is -0.345. The van der Waals surface area contributed by atoms with Crippen LogP contribution in [0.5, 0.6) is 5.75 Å². The van der Waals surface area contributed by atoms with Crippen LogP contribution in [0.2, 0.25) is 0 Å². The number of fused-ring (bicyclic) bond motifs is 1. The van der Waals surface area contributed by atoms with Crippen molar-refractivity contribution in [1.29, 1.82) is 0 Å². The van der Waals surface area contributed by atoms with Gasteiger partial charge in [0, 0.05) is 10.9 Å². The molecule has 0 unspecified atom stereocenters. The highest BCUT2D eigenvalue weighted by molar-refractivity contribution is 5.92. The summed E-state index contributed by atoms with van der Waals surface area (Å²) in [6, 6.07) is 11.6. The smallest absolute Gasteiger partial charge is 0.344 e. The Kier molecular flexibility index (Phi) is 5.56. The van der Waals surface area contributed by atoms with Gasteiger partial charge in [-0.25, -0.2) is 4.79 Å². The van der Waals surface area contributed by atoms with Gasteiger partial charge < -0.3 is 14.0 Å². The van der Waals surface area contributed by atoms with E-state index in [-0.39, 0.29) is 12.6 Å². The maximum atomic E-state index is 11.7. The van der Waals surface area contributed by atoms with Crippen molar-refractivity contribution in [3.8, 4) is 17.0 Å². The summed E-state index contributed by atoms with van der Waals surface area (Å²) >= 11 is 0. The maximum Gasteiger partial charge on any atom is 0.344 e. The van der Waals surface area contributed by atoms with Gasteiger partial charge in [-0.1, -0.05) is 30.6 Å². The lowest BCUT2D eigenvalue weighted by Gasteiger charge is -2.13. The molecule has 0 saturated heterocycles. The van der Waals surface area contributed by atoms with Crippen LogP contribution in [0.3, 0.4) is 0 Å². The zero-order valence-electron chi connectivity index (χ0n) is 15.4. The van der Waals surface area contributed by atoms with E-state index >= 15 is 0 Å². The molecule has 3 rings (SSSR count). The van der Waals surface area contributed by atoms with Crippen LogP contribution in [0.1, 0.15) is 30.9 Å². The minimum Gasteiger partial charge on any atom is -0.482 e. The summed E-state index contributed by atoms with van der Waals surface area (Å²) in [6.07, 6.45) is 1.86. The van der Waals surface area contributed by atoms with Crippen LogP contribution >= 0.6 is 0 Å². The number of hydrogen-bond acceptors (Lipinski definition) is 5. The van der Waals surface area contributed by atoms with Gasteiger partial charge in [-0.15, -0.1) is 0 Å². The summed E-state index contributed by atoms with van der Waals surface area (Å²) < 4.78 is 16.2. The molecule has 0 bridgehead atoms. The van der Waals surface area contributed by atoms with Crippen molar-refractivity contribution in [2.75, 3.05) is 13.2 Å². The van der Waals surface area contributed by atoms with Crippen LogP contribution in [-0.2, 0) is 9.53 Å². The summed E-state index contributed by atoms with van der Waals surface area (Å²) in [4.78, 5) is 11.7. The van der Waals surface area contributed by atoms with Gasteiger partial charge in [0.05, 0.1) is 6.61 Å². The summed E-state index contributed by atoms with van der Waals surface area (Å²) in [7, 11) is 0. The van der Waals surface area contributed by atoms with Gasteiger partial charge in [0.2, 0.25) is 0 Å². The molecule has 0 amide bonds. The zero-order chi connectivity index (χ0) is 18.5. The summed E-state index contributed by atoms with van der Waals surface area (Å²) in [6.45, 7) is 6.39. The Bertz CT molecular complexity index is 914. The molecule has 5 heteroatoms. The highest BCUT2D eigenvalue weighted by Gasteiger charge is 2.16. The maximum absolute atomic E-state index is 11.7. The number of hydrogen-bond donors (Lipinski definition) is 0. The second kappa shape index (κ2) is 8.04. The predicted octanol–water partition coefficient (Wildman–Crippen LogP) is 4.83. The second-order valence-electron chi connectivity index (χ2n) is 6.25. The standard InChI is InChI=1S/C21H23NO4/c1-4-5-12-24-20(23)13-25-18-11-10-16(14(2)15(18)3)21-17-8-6-7-9-19(17)26-22-21/h6-11H,4-5,12-13H2,1-3H3. The number of unbranched alkanes of at least 4 members (excludes halogenated alkanes) is 1. The van der Waals surface area contributed by atoms with Crippen LogP contribution in [0.25, 0.3) is 22.2 Å². The van der Waals surface area contributed by atoms with Crippen LogP contribution in [0.15, 0.2) is 40.9 Å². The van der Waals surface area contributed by atoms with Crippen molar-refractivity contribution < 1.29 is 18.8 Å². The number of aromatic nitrogens is 1. The molecule has 0 aliphatic rings. The molecule has 0 N–H and O–H groups in total. The Labute approximate surface area is 152 Å². The third kappa shape index (κ3) is 3.72. The van der Waals surface area contributed by atoms with Crippen LogP contribution in [0.4, 0.5) is 0 Å². The molecule has 0 fully saturated rings. The molecule has 0 aliphatic heterocycles. The lowest BCUT2D eigenvalue weighted by molar-refractivity contribution is -0.146. The number of carbonyl (C=O) groups excluding carboxylic acids is 1. The van der Waals surface area contributed by atoms with E-state index in [2.05, 4.69) is 12.1 Å². The van der Waals surface area contributed by atoms with Gasteiger partial charge in [-0.2, -0.15) is 0 Å². The molecule has 136 valence electrons. The van der Waals surface area contributed by atoms with Gasteiger partial charge in [0.1, 0.15) is 11.4 Å². The molecule has 1 heterocycles. The van der Waals surface area contributed by atoms with Gasteiger partial charge in [0.25, 0.3) is 0 Å². The van der Waals surface area contributed by atoms with Crippen LogP contribution in [0, 0.1) is 13.8 Å². The van der Waals surface area contributed by atoms with Crippen molar-refractivity contribution in [1.82, 2.24) is 5.16 Å². The molecule has 0 radical (unpaired) electrons. The Morgan fingerprint density at radius 3 is 2.73 bits per heavy atom. The highest BCUT2D eigenvalue weighted by Crippen LogP contribution is 2.34. The quantitative estimate of drug-likeness (QED) is 0.449. The van der Waals surface area contributed by atoms with Crippen molar-refractivity contribution >= 4 is 16.9 Å². The number of benzene rings is 2. The summed E-state index contributed by atoms with van der Waals surface area (Å²) in [5.41, 5.74) is 4.57. The van der Waals surface area contributed by atoms with Gasteiger partial charge in [0.15, 0.2) is 12.2 Å². The van der Waals surface area contributed by atoms with E-state index in [0.29, 0.717) is 12.4 Å². The predicted molar refractivity (Wildman–Crippen MR) is 100 cm³/mol. The Balaban J connectivity index is 1.78. The first-order valence-electron chi connectivity index (χ1n) is 8.85. The topological polar surface area (TPSA) is 61.6 Å². The number of ether oxygens (including phenoxy) is 2. The summed E-state index contributed by atoms with van der Waals surface area (Å²) in [5, 5.41) is 5.20. The molecule has 0 aliphatic carbocycles. The van der Waals surface area contributed by atoms with Gasteiger partial charge in [-0.3, -0.25) is 0 Å². The lowest BCUT2D eigenvalue weighted by atomic mass is 9.98. The average Bonchev–Trinajstić information content (AvgIpc) is 3.07. The van der Waals surface area contributed by atoms with E-state index in [1.165, 1.54) is 0 Å². The monoisotopic (exact) mass is 353 g/mol. The molecule has 3 aromatic rings. The van der Waals surface area contributed by atoms with Gasteiger partial charge >= 0.3 is 5.97 Å². The molecule has 0 atom stereocenters. The Morgan fingerprint density at radius 1 is 1.12 bits per heavy atom. The lowest BCUT2D eigenvalue weighted by Crippen LogP contribution is -2.16. The zero-order valence-corrected chi connectivity index (χ0v) is 15.4. The van der Waals surface area contributed by atoms with Crippen molar-refractivity contribution in [3.63, 3.8) is 0 Å². The fraction of sp³-hybridized carbons (Fsp3) is 0.333. The molecule has 1 aromatic heterocycles. The largest absolute Gasteiger partial charge is 0.482 e. The second-order valence-corrected chi connectivity index (χ2v) is 6.25. The van der Waals surface area contributed by atoms with E-state index < -0.39 is 0 Å². The molecule has 2 aromatic carbocycles. The van der Waals surface area contributed by atoms with Gasteiger partial charge in [-0.05, 0) is 55.7 Å². The van der Waals surface area contributed by atoms with E-state index in [0.717, 1.165) is 46.2 Å². The fourth-order valence-corrected chi connectivity index (χ4v) is 2.80. The van der Waals surface area contributed by atoms with Crippen LogP contribution in [-0.4, -0.2) is 24.3 Å². The molecule has 5 nitrogen and oxygen atoms in total. The minimum absolute atomic E-state index is 0.0871. The van der Waals surface area contributed by atoms with Crippen molar-refractivity contribution in [3.05, 3.63) is 47.5 Å². The molecular formula is C21H23NO4. The SMILES string of the molecule is CCCCOC(=O)COc1ccc(-c2noc3ccccc23)c(C)c1C. The normalized spacial score (nSPS) is 10.9. The number of carbonyl (C=O) groups is 1. The Morgan fingerprint density at radius 2 is 1.92 bits per heavy atom. The first-order valence-corrected chi connectivity index (χ1v) is 8.85. The highest BCUT2D eigenvalue weighted by atomic mass is 16.6. The number of nitrogens with zero attached hydrogens (tertiary/aromatic N) is 1. The third-order valence-corrected chi connectivity index (χ3v) is 4.48. The average molecular weight is 353 g/mol. The van der Waals surface area contributed by atoms with Crippen molar-refractivity contribution in [2.24, 2.45) is 0 Å². The first-order chi connectivity index (χ1) is 12.6. The molecular weight excluding hydrogens is 330 g/mol. The molecule has 0 saturated carbocycles. The number of rotatable bonds is 7. The molecule has 26 heavy (non-hydrogen) atoms. The Hall–Kier alpha value is -2.82. The molecule has 0 spiro atoms. The van der Waals surface area contributed by atoms with E-state index in [4.69, 9.17) is 14.0 Å². The summed E-state index contributed by atoms with van der Waals surface area (Å²) in [5.74, 6) is 0.327. The van der Waals surface area contributed by atoms with E-state index in [9.17, 15) is 4.79 Å². The van der Waals surface area contributed by atoms with E-state index in [1.54, 1.807) is 0 Å². The third-order valence-electron chi connectivity index (χ3n) is 4.48. The van der Waals surface area contributed by atoms with Crippen LogP contribution < -0.4 is 4.74 Å². The number of esters is 1. The van der Waals surface area contributed by atoms with E-state index in [1.807, 2.05) is 50.2 Å². The number of para-hydroxylation sites is 1. The first kappa shape index (κ1) is 18.0. The fourth-order valence-electron chi connectivity index (χ4n) is 2.80. The van der Waals surface area contributed by atoms with Crippen molar-refractivity contribution in [2.45, 2.75) is 33.6 Å².